The molecule has 0 amide bonds. The van der Waals surface area contributed by atoms with Gasteiger partial charge in [-0.05, 0) is 23.9 Å². The Balaban J connectivity index is 1.60. The Morgan fingerprint density at radius 1 is 1.41 bits per heavy atom. The van der Waals surface area contributed by atoms with Crippen LogP contribution in [-0.4, -0.2) is 29.0 Å². The first kappa shape index (κ1) is 15.9. The minimum Gasteiger partial charge on any atom is -0.465 e. The summed E-state index contributed by atoms with van der Waals surface area (Å²) < 4.78 is 5.12. The zero-order valence-corrected chi connectivity index (χ0v) is 12.5. The van der Waals surface area contributed by atoms with Gasteiger partial charge in [-0.15, -0.1) is 11.3 Å². The van der Waals surface area contributed by atoms with Gasteiger partial charge in [0, 0.05) is 17.5 Å². The molecule has 0 radical (unpaired) electrons. The number of esters is 1. The molecule has 0 atom stereocenters. The lowest BCUT2D eigenvalue weighted by Crippen LogP contribution is -2.12. The van der Waals surface area contributed by atoms with Gasteiger partial charge in [0.1, 0.15) is 12.0 Å². The highest BCUT2D eigenvalue weighted by Crippen LogP contribution is 2.12. The first-order valence-electron chi connectivity index (χ1n) is 6.67. The highest BCUT2D eigenvalue weighted by atomic mass is 32.1. The van der Waals surface area contributed by atoms with Gasteiger partial charge in [-0.3, -0.25) is 14.9 Å². The third-order valence-corrected chi connectivity index (χ3v) is 3.62. The largest absolute Gasteiger partial charge is 0.465 e. The van der Waals surface area contributed by atoms with Gasteiger partial charge in [0.15, 0.2) is 0 Å². The lowest BCUT2D eigenvalue weighted by molar-refractivity contribution is -0.385. The Bertz CT molecular complexity index is 614. The van der Waals surface area contributed by atoms with E-state index >= 15 is 0 Å². The molecule has 0 spiro atoms. The Morgan fingerprint density at radius 2 is 2.27 bits per heavy atom. The predicted octanol–water partition coefficient (Wildman–Crippen LogP) is 2.64. The lowest BCUT2D eigenvalue weighted by atomic mass is 10.3. The maximum absolute atomic E-state index is 11.5. The van der Waals surface area contributed by atoms with Crippen LogP contribution in [0.4, 0.5) is 11.5 Å². The molecule has 8 heteroatoms. The van der Waals surface area contributed by atoms with Crippen molar-refractivity contribution in [1.29, 1.82) is 0 Å². The van der Waals surface area contributed by atoms with Crippen molar-refractivity contribution in [3.05, 3.63) is 50.8 Å². The molecule has 0 bridgehead atoms. The number of thiophene rings is 1. The van der Waals surface area contributed by atoms with E-state index in [4.69, 9.17) is 4.74 Å². The first-order valence-corrected chi connectivity index (χ1v) is 7.55. The number of hydrogen-bond donors (Lipinski definition) is 1. The van der Waals surface area contributed by atoms with Crippen LogP contribution in [0, 0.1) is 10.1 Å². The van der Waals surface area contributed by atoms with Crippen LogP contribution in [0.3, 0.4) is 0 Å². The summed E-state index contributed by atoms with van der Waals surface area (Å²) in [5.41, 5.74) is -0.0481. The van der Waals surface area contributed by atoms with E-state index in [9.17, 15) is 14.9 Å². The molecular weight excluding hydrogens is 306 g/mol. The topological polar surface area (TPSA) is 94.4 Å². The maximum Gasteiger partial charge on any atom is 0.311 e. The molecule has 0 saturated carbocycles. The Morgan fingerprint density at radius 3 is 2.91 bits per heavy atom. The molecular formula is C14H15N3O4S. The summed E-state index contributed by atoms with van der Waals surface area (Å²) in [5, 5.41) is 15.4. The van der Waals surface area contributed by atoms with Gasteiger partial charge in [0.2, 0.25) is 0 Å². The zero-order chi connectivity index (χ0) is 15.8. The number of carbonyl (C=O) groups excluding carboxylic acids is 1. The molecule has 0 aliphatic heterocycles. The number of hydrogen-bond acceptors (Lipinski definition) is 7. The van der Waals surface area contributed by atoms with Crippen molar-refractivity contribution >= 4 is 28.8 Å². The number of nitrogens with one attached hydrogen (secondary N) is 1. The Labute approximate surface area is 131 Å². The van der Waals surface area contributed by atoms with Crippen LogP contribution in [0.25, 0.3) is 0 Å². The number of ether oxygens (including phenoxy) is 1. The molecule has 0 saturated heterocycles. The van der Waals surface area contributed by atoms with E-state index in [-0.39, 0.29) is 11.7 Å². The van der Waals surface area contributed by atoms with Gasteiger partial charge in [0.25, 0.3) is 5.69 Å². The van der Waals surface area contributed by atoms with E-state index in [0.717, 1.165) is 4.88 Å². The highest BCUT2D eigenvalue weighted by Gasteiger charge is 2.06. The number of nitro groups is 1. The van der Waals surface area contributed by atoms with E-state index in [1.807, 2.05) is 17.5 Å². The van der Waals surface area contributed by atoms with Crippen molar-refractivity contribution in [3.63, 3.8) is 0 Å². The monoisotopic (exact) mass is 321 g/mol. The number of anilines is 1. The summed E-state index contributed by atoms with van der Waals surface area (Å²) in [6.45, 7) is 0.890. The van der Waals surface area contributed by atoms with E-state index in [1.54, 1.807) is 6.07 Å². The second-order valence-electron chi connectivity index (χ2n) is 4.42. The number of nitrogens with zero attached hydrogens (tertiary/aromatic N) is 2. The summed E-state index contributed by atoms with van der Waals surface area (Å²) in [4.78, 5) is 26.4. The first-order chi connectivity index (χ1) is 10.6. The quantitative estimate of drug-likeness (QED) is 0.347. The van der Waals surface area contributed by atoms with Crippen molar-refractivity contribution in [2.75, 3.05) is 18.5 Å². The van der Waals surface area contributed by atoms with Crippen molar-refractivity contribution in [2.45, 2.75) is 12.8 Å². The molecule has 0 aliphatic carbocycles. The molecule has 2 aromatic rings. The van der Waals surface area contributed by atoms with Crippen LogP contribution in [0.1, 0.15) is 11.3 Å². The molecule has 2 rings (SSSR count). The fourth-order valence-electron chi connectivity index (χ4n) is 1.68. The number of carbonyl (C=O) groups is 1. The van der Waals surface area contributed by atoms with Gasteiger partial charge >= 0.3 is 5.97 Å². The molecule has 0 aromatic carbocycles. The van der Waals surface area contributed by atoms with Crippen LogP contribution in [0.5, 0.6) is 0 Å². The fourth-order valence-corrected chi connectivity index (χ4v) is 2.37. The third kappa shape index (κ3) is 5.13. The van der Waals surface area contributed by atoms with Crippen molar-refractivity contribution in [2.24, 2.45) is 0 Å². The molecule has 0 fully saturated rings. The molecule has 0 unspecified atom stereocenters. The summed E-state index contributed by atoms with van der Waals surface area (Å²) in [6.07, 6.45) is 2.13. The van der Waals surface area contributed by atoms with Gasteiger partial charge in [-0.1, -0.05) is 6.07 Å². The third-order valence-electron chi connectivity index (χ3n) is 2.75. The number of rotatable bonds is 8. The summed E-state index contributed by atoms with van der Waals surface area (Å²) in [7, 11) is 0. The normalized spacial score (nSPS) is 10.2. The van der Waals surface area contributed by atoms with Crippen LogP contribution in [-0.2, 0) is 16.0 Å². The van der Waals surface area contributed by atoms with Gasteiger partial charge in [0.05, 0.1) is 18.0 Å². The van der Waals surface area contributed by atoms with Crippen molar-refractivity contribution in [1.82, 2.24) is 4.98 Å². The second-order valence-corrected chi connectivity index (χ2v) is 5.45. The molecule has 7 nitrogen and oxygen atoms in total. The minimum absolute atomic E-state index is 0.0481. The van der Waals surface area contributed by atoms with Crippen molar-refractivity contribution in [3.8, 4) is 0 Å². The standard InChI is InChI=1S/C14H15N3O4S/c18-14(9-12-3-1-8-22-12)21-7-2-6-15-13-5-4-11(10-16-13)17(19)20/h1,3-5,8,10H,2,6-7,9H2,(H,15,16). The predicted molar refractivity (Wildman–Crippen MR) is 83.0 cm³/mol. The van der Waals surface area contributed by atoms with Crippen LogP contribution >= 0.6 is 11.3 Å². The highest BCUT2D eigenvalue weighted by molar-refractivity contribution is 7.10. The number of aromatic nitrogens is 1. The average molecular weight is 321 g/mol. The van der Waals surface area contributed by atoms with Crippen LogP contribution in [0.2, 0.25) is 0 Å². The Kier molecular flexibility index (Phi) is 5.84. The summed E-state index contributed by atoms with van der Waals surface area (Å²) in [6, 6.07) is 6.72. The Hall–Kier alpha value is -2.48. The van der Waals surface area contributed by atoms with Crippen LogP contribution in [0.15, 0.2) is 35.8 Å². The van der Waals surface area contributed by atoms with E-state index in [0.29, 0.717) is 31.8 Å². The molecule has 22 heavy (non-hydrogen) atoms. The minimum atomic E-state index is -0.496. The van der Waals surface area contributed by atoms with Gasteiger partial charge < -0.3 is 10.1 Å². The molecule has 2 heterocycles. The SMILES string of the molecule is O=C(Cc1cccs1)OCCCNc1ccc([N+](=O)[O-])cn1. The van der Waals surface area contributed by atoms with Gasteiger partial charge in [-0.2, -0.15) is 0 Å². The summed E-state index contributed by atoms with van der Waals surface area (Å²) >= 11 is 1.53. The van der Waals surface area contributed by atoms with E-state index in [2.05, 4.69) is 10.3 Å². The molecule has 2 aromatic heterocycles. The second kappa shape index (κ2) is 8.08. The maximum atomic E-state index is 11.5. The van der Waals surface area contributed by atoms with E-state index < -0.39 is 4.92 Å². The fraction of sp³-hybridized carbons (Fsp3) is 0.286. The lowest BCUT2D eigenvalue weighted by Gasteiger charge is -2.06. The van der Waals surface area contributed by atoms with E-state index in [1.165, 1.54) is 23.6 Å². The molecule has 0 aliphatic rings. The molecule has 1 N–H and O–H groups in total. The summed E-state index contributed by atoms with van der Waals surface area (Å²) in [5.74, 6) is 0.312. The average Bonchev–Trinajstić information content (AvgIpc) is 3.00. The van der Waals surface area contributed by atoms with Crippen molar-refractivity contribution < 1.29 is 14.5 Å². The smallest absolute Gasteiger partial charge is 0.311 e. The van der Waals surface area contributed by atoms with Gasteiger partial charge in [-0.25, -0.2) is 4.98 Å². The van der Waals surface area contributed by atoms with Crippen LogP contribution < -0.4 is 5.32 Å². The molecule has 116 valence electrons. The number of pyridine rings is 1. The zero-order valence-electron chi connectivity index (χ0n) is 11.7.